The second kappa shape index (κ2) is 33.1. The molecule has 0 amide bonds. The van der Waals surface area contributed by atoms with E-state index in [1.165, 1.54) is 57.8 Å². The Kier molecular flexibility index (Phi) is 31.2. The van der Waals surface area contributed by atoms with E-state index in [1.54, 1.807) is 0 Å². The highest BCUT2D eigenvalue weighted by molar-refractivity contribution is 5.70. The van der Waals surface area contributed by atoms with Gasteiger partial charge < -0.3 is 14.6 Å². The van der Waals surface area contributed by atoms with Crippen molar-refractivity contribution in [2.75, 3.05) is 13.2 Å². The van der Waals surface area contributed by atoms with E-state index in [4.69, 9.17) is 9.47 Å². The van der Waals surface area contributed by atoms with Gasteiger partial charge in [0.25, 0.3) is 0 Å². The fourth-order valence-corrected chi connectivity index (χ4v) is 4.17. The molecule has 0 aromatic heterocycles. The number of unbranched alkanes of at least 4 members (excludes halogenated alkanes) is 11. The number of esters is 2. The number of allylic oxidation sites excluding steroid dienone is 10. The maximum atomic E-state index is 12.1. The van der Waals surface area contributed by atoms with Crippen LogP contribution in [-0.4, -0.2) is 36.4 Å². The minimum Gasteiger partial charge on any atom is -0.462 e. The first-order valence-electron chi connectivity index (χ1n) is 16.8. The number of aliphatic hydroxyl groups is 1. The zero-order valence-corrected chi connectivity index (χ0v) is 27.0. The summed E-state index contributed by atoms with van der Waals surface area (Å²) in [6, 6.07) is 0. The summed E-state index contributed by atoms with van der Waals surface area (Å²) in [6.45, 7) is 3.99. The molecule has 0 fully saturated rings. The summed E-state index contributed by atoms with van der Waals surface area (Å²) in [5.41, 5.74) is 0. The van der Waals surface area contributed by atoms with E-state index in [-0.39, 0.29) is 31.6 Å². The lowest BCUT2D eigenvalue weighted by Crippen LogP contribution is -2.28. The van der Waals surface area contributed by atoms with E-state index in [9.17, 15) is 14.7 Å². The van der Waals surface area contributed by atoms with Gasteiger partial charge in [-0.3, -0.25) is 9.59 Å². The quantitative estimate of drug-likeness (QED) is 0.0536. The summed E-state index contributed by atoms with van der Waals surface area (Å²) in [5, 5.41) is 9.49. The highest BCUT2D eigenvalue weighted by Crippen LogP contribution is 2.10. The molecular weight excluding hydrogens is 524 g/mol. The van der Waals surface area contributed by atoms with Gasteiger partial charge in [-0.1, -0.05) is 120 Å². The molecule has 0 spiro atoms. The molecule has 0 aromatic rings. The average Bonchev–Trinajstić information content (AvgIpc) is 2.99. The van der Waals surface area contributed by atoms with E-state index in [1.807, 2.05) is 0 Å². The van der Waals surface area contributed by atoms with Crippen LogP contribution in [-0.2, 0) is 19.1 Å². The second-order valence-corrected chi connectivity index (χ2v) is 10.9. The molecule has 0 unspecified atom stereocenters. The third-order valence-corrected chi connectivity index (χ3v) is 6.78. The van der Waals surface area contributed by atoms with Crippen molar-refractivity contribution in [2.45, 2.75) is 148 Å². The van der Waals surface area contributed by atoms with Crippen molar-refractivity contribution in [3.63, 3.8) is 0 Å². The third kappa shape index (κ3) is 30.6. The van der Waals surface area contributed by atoms with Crippen molar-refractivity contribution in [3.05, 3.63) is 60.8 Å². The van der Waals surface area contributed by atoms with Gasteiger partial charge in [-0.25, -0.2) is 0 Å². The minimum atomic E-state index is -0.802. The van der Waals surface area contributed by atoms with Gasteiger partial charge in [0.2, 0.25) is 0 Å². The highest BCUT2D eigenvalue weighted by atomic mass is 16.6. The zero-order chi connectivity index (χ0) is 30.8. The highest BCUT2D eigenvalue weighted by Gasteiger charge is 2.15. The Labute approximate surface area is 258 Å². The van der Waals surface area contributed by atoms with Crippen LogP contribution in [0.1, 0.15) is 142 Å². The van der Waals surface area contributed by atoms with Crippen molar-refractivity contribution >= 4 is 11.9 Å². The predicted molar refractivity (Wildman–Crippen MR) is 177 cm³/mol. The van der Waals surface area contributed by atoms with E-state index in [0.717, 1.165) is 51.4 Å². The number of hydrogen-bond donors (Lipinski definition) is 1. The lowest BCUT2D eigenvalue weighted by Gasteiger charge is -2.15. The fourth-order valence-electron chi connectivity index (χ4n) is 4.17. The van der Waals surface area contributed by atoms with E-state index in [2.05, 4.69) is 74.6 Å². The monoisotopic (exact) mass is 586 g/mol. The van der Waals surface area contributed by atoms with Gasteiger partial charge in [0.05, 0.1) is 6.61 Å². The molecular formula is C37H62O5. The first-order chi connectivity index (χ1) is 20.6. The van der Waals surface area contributed by atoms with Crippen LogP contribution >= 0.6 is 0 Å². The SMILES string of the molecule is CCCCC=CCCCCCCCC(=O)OC[C@H](CO)OC(=O)CCCC=CCC=CCC=CCC=CCCCCC. The largest absolute Gasteiger partial charge is 0.462 e. The summed E-state index contributed by atoms with van der Waals surface area (Å²) in [4.78, 5) is 24.1. The molecule has 1 N–H and O–H groups in total. The fraction of sp³-hybridized carbons (Fsp3) is 0.676. The van der Waals surface area contributed by atoms with E-state index < -0.39 is 6.10 Å². The Morgan fingerprint density at radius 1 is 0.548 bits per heavy atom. The van der Waals surface area contributed by atoms with Crippen molar-refractivity contribution in [3.8, 4) is 0 Å². The molecule has 1 atom stereocenters. The van der Waals surface area contributed by atoms with Gasteiger partial charge in [-0.15, -0.1) is 0 Å². The summed E-state index contributed by atoms with van der Waals surface area (Å²) < 4.78 is 10.5. The first kappa shape index (κ1) is 39.6. The number of carbonyl (C=O) groups excluding carboxylic acids is 2. The Balaban J connectivity index is 3.74. The Morgan fingerprint density at radius 3 is 1.60 bits per heavy atom. The van der Waals surface area contributed by atoms with Crippen molar-refractivity contribution < 1.29 is 24.2 Å². The molecule has 0 saturated carbocycles. The molecule has 0 aromatic carbocycles. The van der Waals surface area contributed by atoms with Gasteiger partial charge >= 0.3 is 11.9 Å². The van der Waals surface area contributed by atoms with Crippen LogP contribution in [0.15, 0.2) is 60.8 Å². The molecule has 0 bridgehead atoms. The molecule has 42 heavy (non-hydrogen) atoms. The molecule has 0 heterocycles. The van der Waals surface area contributed by atoms with Crippen LogP contribution in [0, 0.1) is 0 Å². The maximum absolute atomic E-state index is 12.1. The molecule has 0 rings (SSSR count). The lowest BCUT2D eigenvalue weighted by molar-refractivity contribution is -0.161. The van der Waals surface area contributed by atoms with E-state index >= 15 is 0 Å². The normalized spacial score (nSPS) is 12.9. The lowest BCUT2D eigenvalue weighted by atomic mass is 10.1. The van der Waals surface area contributed by atoms with Crippen LogP contribution in [0.2, 0.25) is 0 Å². The predicted octanol–water partition coefficient (Wildman–Crippen LogP) is 10.1. The van der Waals surface area contributed by atoms with Gasteiger partial charge in [0.15, 0.2) is 6.10 Å². The van der Waals surface area contributed by atoms with Gasteiger partial charge in [0, 0.05) is 12.8 Å². The van der Waals surface area contributed by atoms with Crippen LogP contribution in [0.4, 0.5) is 0 Å². The summed E-state index contributed by atoms with van der Waals surface area (Å²) in [5.74, 6) is -0.676. The number of carbonyl (C=O) groups is 2. The van der Waals surface area contributed by atoms with Gasteiger partial charge in [0.1, 0.15) is 6.61 Å². The molecule has 0 aliphatic heterocycles. The van der Waals surface area contributed by atoms with Crippen molar-refractivity contribution in [1.29, 1.82) is 0 Å². The Bertz CT molecular complexity index is 762. The molecule has 0 radical (unpaired) electrons. The first-order valence-corrected chi connectivity index (χ1v) is 16.8. The van der Waals surface area contributed by atoms with Crippen molar-refractivity contribution in [1.82, 2.24) is 0 Å². The van der Waals surface area contributed by atoms with Crippen molar-refractivity contribution in [2.24, 2.45) is 0 Å². The second-order valence-electron chi connectivity index (χ2n) is 10.9. The summed E-state index contributed by atoms with van der Waals surface area (Å²) in [7, 11) is 0. The van der Waals surface area contributed by atoms with Gasteiger partial charge in [-0.05, 0) is 70.6 Å². The minimum absolute atomic E-state index is 0.0946. The smallest absolute Gasteiger partial charge is 0.306 e. The molecule has 5 heteroatoms. The van der Waals surface area contributed by atoms with Crippen LogP contribution < -0.4 is 0 Å². The summed E-state index contributed by atoms with van der Waals surface area (Å²) >= 11 is 0. The molecule has 5 nitrogen and oxygen atoms in total. The zero-order valence-electron chi connectivity index (χ0n) is 27.0. The van der Waals surface area contributed by atoms with E-state index in [0.29, 0.717) is 12.8 Å². The maximum Gasteiger partial charge on any atom is 0.306 e. The molecule has 0 saturated heterocycles. The van der Waals surface area contributed by atoms with Crippen LogP contribution in [0.3, 0.4) is 0 Å². The van der Waals surface area contributed by atoms with Crippen LogP contribution in [0.25, 0.3) is 0 Å². The number of ether oxygens (including phenoxy) is 2. The standard InChI is InChI=1S/C37H62O5/c1-3-5-7-9-11-13-15-16-17-18-19-20-22-24-26-28-30-32-37(40)42-35(33-38)34-41-36(39)31-29-27-25-23-21-14-12-10-8-6-4-2/h10-13,16-17,19-20,24,26,35,38H,3-9,14-15,18,21-23,25,27-34H2,1-2H3/t35-/m0/s1. The summed E-state index contributed by atoms with van der Waals surface area (Å²) in [6.07, 6.45) is 41.3. The Morgan fingerprint density at radius 2 is 1.00 bits per heavy atom. The number of rotatable bonds is 29. The number of aliphatic hydroxyl groups excluding tert-OH is 1. The topological polar surface area (TPSA) is 72.8 Å². The Hall–Kier alpha value is -2.40. The molecule has 240 valence electrons. The molecule has 0 aliphatic rings. The third-order valence-electron chi connectivity index (χ3n) is 6.78. The van der Waals surface area contributed by atoms with Crippen LogP contribution in [0.5, 0.6) is 0 Å². The van der Waals surface area contributed by atoms with Gasteiger partial charge in [-0.2, -0.15) is 0 Å². The number of hydrogen-bond acceptors (Lipinski definition) is 5. The molecule has 0 aliphatic carbocycles. The average molecular weight is 587 g/mol.